The lowest BCUT2D eigenvalue weighted by atomic mass is 10.3. The molecule has 0 aliphatic rings. The fourth-order valence-electron chi connectivity index (χ4n) is 1.75. The quantitative estimate of drug-likeness (QED) is 0.733. The Morgan fingerprint density at radius 2 is 2.11 bits per heavy atom. The molecule has 2 aromatic carbocycles. The number of oxazole rings is 1. The second kappa shape index (κ2) is 4.61. The first-order chi connectivity index (χ1) is 9.20. The fourth-order valence-corrected chi connectivity index (χ4v) is 1.75. The number of nitrogens with zero attached hydrogens (tertiary/aromatic N) is 1. The normalized spacial score (nSPS) is 10.8. The van der Waals surface area contributed by atoms with E-state index < -0.39 is 0 Å². The van der Waals surface area contributed by atoms with E-state index in [1.807, 2.05) is 0 Å². The second-order valence-electron chi connectivity index (χ2n) is 4.08. The van der Waals surface area contributed by atoms with Crippen LogP contribution in [0.2, 0.25) is 0 Å². The molecule has 0 aliphatic carbocycles. The maximum absolute atomic E-state index is 13.0. The number of hydrogen-bond donors (Lipinski definition) is 1. The van der Waals surface area contributed by atoms with Crippen molar-refractivity contribution in [2.75, 3.05) is 5.73 Å². The van der Waals surface area contributed by atoms with Crippen LogP contribution >= 0.6 is 0 Å². The van der Waals surface area contributed by atoms with Crippen LogP contribution in [0.1, 0.15) is 5.89 Å². The van der Waals surface area contributed by atoms with Gasteiger partial charge in [0, 0.05) is 17.8 Å². The summed E-state index contributed by atoms with van der Waals surface area (Å²) < 4.78 is 23.9. The number of hydrogen-bond acceptors (Lipinski definition) is 4. The highest BCUT2D eigenvalue weighted by atomic mass is 19.1. The van der Waals surface area contributed by atoms with Gasteiger partial charge in [-0.3, -0.25) is 0 Å². The number of anilines is 1. The Bertz CT molecular complexity index is 724. The Labute approximate surface area is 108 Å². The van der Waals surface area contributed by atoms with E-state index in [4.69, 9.17) is 14.9 Å². The van der Waals surface area contributed by atoms with Gasteiger partial charge in [-0.15, -0.1) is 0 Å². The van der Waals surface area contributed by atoms with Gasteiger partial charge in [0.2, 0.25) is 5.89 Å². The summed E-state index contributed by atoms with van der Waals surface area (Å²) in [5, 5.41) is 0. The molecular formula is C14H11FN2O2. The van der Waals surface area contributed by atoms with Crippen molar-refractivity contribution < 1.29 is 13.5 Å². The molecule has 2 N–H and O–H groups in total. The Morgan fingerprint density at radius 1 is 1.21 bits per heavy atom. The van der Waals surface area contributed by atoms with Crippen LogP contribution in [0.5, 0.6) is 5.75 Å². The summed E-state index contributed by atoms with van der Waals surface area (Å²) in [7, 11) is 0. The van der Waals surface area contributed by atoms with E-state index in [-0.39, 0.29) is 12.4 Å². The lowest BCUT2D eigenvalue weighted by Gasteiger charge is -2.02. The predicted molar refractivity (Wildman–Crippen MR) is 69.2 cm³/mol. The van der Waals surface area contributed by atoms with Gasteiger partial charge >= 0.3 is 0 Å². The molecule has 5 heteroatoms. The van der Waals surface area contributed by atoms with E-state index in [1.165, 1.54) is 12.1 Å². The smallest absolute Gasteiger partial charge is 0.233 e. The van der Waals surface area contributed by atoms with Gasteiger partial charge in [0.1, 0.15) is 17.1 Å². The topological polar surface area (TPSA) is 61.3 Å². The summed E-state index contributed by atoms with van der Waals surface area (Å²) in [6.45, 7) is 0.137. The summed E-state index contributed by atoms with van der Waals surface area (Å²) in [5.74, 6) is 0.509. The molecule has 3 aromatic rings. The fraction of sp³-hybridized carbons (Fsp3) is 0.0714. The number of rotatable bonds is 3. The lowest BCUT2D eigenvalue weighted by Crippen LogP contribution is -1.95. The summed E-state index contributed by atoms with van der Waals surface area (Å²) in [6.07, 6.45) is 0. The SMILES string of the molecule is Nc1ccc2nc(COc3cccc(F)c3)oc2c1. The van der Waals surface area contributed by atoms with Crippen molar-refractivity contribution in [2.24, 2.45) is 0 Å². The highest BCUT2D eigenvalue weighted by Gasteiger charge is 2.07. The average Bonchev–Trinajstić information content (AvgIpc) is 2.78. The summed E-state index contributed by atoms with van der Waals surface area (Å²) >= 11 is 0. The Kier molecular flexibility index (Phi) is 2.79. The molecular weight excluding hydrogens is 247 g/mol. The molecule has 0 aliphatic heterocycles. The van der Waals surface area contributed by atoms with Crippen molar-refractivity contribution in [2.45, 2.75) is 6.61 Å². The van der Waals surface area contributed by atoms with Gasteiger partial charge in [0.05, 0.1) is 0 Å². The van der Waals surface area contributed by atoms with Gasteiger partial charge in [-0.2, -0.15) is 0 Å². The summed E-state index contributed by atoms with van der Waals surface area (Å²) in [5.41, 5.74) is 7.59. The largest absolute Gasteiger partial charge is 0.484 e. The molecule has 4 nitrogen and oxygen atoms in total. The Morgan fingerprint density at radius 3 is 2.95 bits per heavy atom. The minimum atomic E-state index is -0.345. The van der Waals surface area contributed by atoms with Crippen molar-refractivity contribution in [3.05, 3.63) is 54.2 Å². The third-order valence-electron chi connectivity index (χ3n) is 2.62. The number of benzene rings is 2. The molecule has 0 saturated heterocycles. The van der Waals surface area contributed by atoms with Crippen LogP contribution in [0.15, 0.2) is 46.9 Å². The molecule has 0 radical (unpaired) electrons. The van der Waals surface area contributed by atoms with Crippen molar-refractivity contribution in [3.63, 3.8) is 0 Å². The third-order valence-corrected chi connectivity index (χ3v) is 2.62. The molecule has 0 fully saturated rings. The highest BCUT2D eigenvalue weighted by molar-refractivity contribution is 5.76. The molecule has 1 heterocycles. The molecule has 3 rings (SSSR count). The summed E-state index contributed by atoms with van der Waals surface area (Å²) in [4.78, 5) is 4.25. The molecule has 19 heavy (non-hydrogen) atoms. The van der Waals surface area contributed by atoms with Crippen LogP contribution in [-0.4, -0.2) is 4.98 Å². The molecule has 0 atom stereocenters. The van der Waals surface area contributed by atoms with Gasteiger partial charge in [-0.25, -0.2) is 9.37 Å². The molecule has 0 unspecified atom stereocenters. The van der Waals surface area contributed by atoms with E-state index in [0.29, 0.717) is 28.4 Å². The van der Waals surface area contributed by atoms with Crippen molar-refractivity contribution in [1.82, 2.24) is 4.98 Å². The van der Waals surface area contributed by atoms with Gasteiger partial charge in [0.15, 0.2) is 12.2 Å². The lowest BCUT2D eigenvalue weighted by molar-refractivity contribution is 0.266. The van der Waals surface area contributed by atoms with Crippen molar-refractivity contribution >= 4 is 16.8 Å². The molecule has 0 spiro atoms. The molecule has 1 aromatic heterocycles. The zero-order chi connectivity index (χ0) is 13.2. The maximum atomic E-state index is 13.0. The standard InChI is InChI=1S/C14H11FN2O2/c15-9-2-1-3-11(6-9)18-8-14-17-12-5-4-10(16)7-13(12)19-14/h1-7H,8,16H2. The minimum Gasteiger partial charge on any atom is -0.484 e. The van der Waals surface area contributed by atoms with Crippen LogP contribution in [0, 0.1) is 5.82 Å². The van der Waals surface area contributed by atoms with Gasteiger partial charge in [-0.1, -0.05) is 6.07 Å². The van der Waals surface area contributed by atoms with E-state index in [2.05, 4.69) is 4.98 Å². The number of halogens is 1. The number of ether oxygens (including phenoxy) is 1. The van der Waals surface area contributed by atoms with Gasteiger partial charge in [0.25, 0.3) is 0 Å². The van der Waals surface area contributed by atoms with Crippen LogP contribution in [0.4, 0.5) is 10.1 Å². The Hall–Kier alpha value is -2.56. The van der Waals surface area contributed by atoms with Gasteiger partial charge in [-0.05, 0) is 24.3 Å². The van der Waals surface area contributed by atoms with E-state index in [0.717, 1.165) is 0 Å². The minimum absolute atomic E-state index is 0.137. The Balaban J connectivity index is 1.78. The molecule has 96 valence electrons. The first kappa shape index (κ1) is 11.5. The molecule has 0 amide bonds. The predicted octanol–water partition coefficient (Wildman–Crippen LogP) is 3.13. The third kappa shape index (κ3) is 2.49. The number of nitrogen functional groups attached to an aromatic ring is 1. The van der Waals surface area contributed by atoms with Crippen molar-refractivity contribution in [1.29, 1.82) is 0 Å². The van der Waals surface area contributed by atoms with E-state index in [9.17, 15) is 4.39 Å². The first-order valence-electron chi connectivity index (χ1n) is 5.74. The van der Waals surface area contributed by atoms with Crippen LogP contribution in [-0.2, 0) is 6.61 Å². The average molecular weight is 258 g/mol. The monoisotopic (exact) mass is 258 g/mol. The highest BCUT2D eigenvalue weighted by Crippen LogP contribution is 2.20. The number of aromatic nitrogens is 1. The molecule has 0 bridgehead atoms. The first-order valence-corrected chi connectivity index (χ1v) is 5.74. The number of fused-ring (bicyclic) bond motifs is 1. The van der Waals surface area contributed by atoms with E-state index >= 15 is 0 Å². The second-order valence-corrected chi connectivity index (χ2v) is 4.08. The maximum Gasteiger partial charge on any atom is 0.233 e. The van der Waals surface area contributed by atoms with Crippen LogP contribution in [0.25, 0.3) is 11.1 Å². The van der Waals surface area contributed by atoms with Gasteiger partial charge < -0.3 is 14.9 Å². The zero-order valence-electron chi connectivity index (χ0n) is 9.97. The zero-order valence-corrected chi connectivity index (χ0v) is 9.97. The summed E-state index contributed by atoms with van der Waals surface area (Å²) in [6, 6.07) is 11.1. The van der Waals surface area contributed by atoms with Crippen LogP contribution in [0.3, 0.4) is 0 Å². The number of nitrogens with two attached hydrogens (primary N) is 1. The van der Waals surface area contributed by atoms with Crippen molar-refractivity contribution in [3.8, 4) is 5.75 Å². The molecule has 0 saturated carbocycles. The van der Waals surface area contributed by atoms with E-state index in [1.54, 1.807) is 30.3 Å². The van der Waals surface area contributed by atoms with Crippen LogP contribution < -0.4 is 10.5 Å².